The van der Waals surface area contributed by atoms with E-state index in [0.29, 0.717) is 24.3 Å². The minimum atomic E-state index is 0.137. The number of nitrogens with one attached hydrogen (secondary N) is 2. The van der Waals surface area contributed by atoms with Crippen LogP contribution in [-0.2, 0) is 11.3 Å². The lowest BCUT2D eigenvalue weighted by Crippen LogP contribution is -2.32. The number of carbonyl (C=O) groups is 1. The van der Waals surface area contributed by atoms with Crippen molar-refractivity contribution >= 4 is 23.8 Å². The highest BCUT2D eigenvalue weighted by atomic mass is 32.1. The smallest absolute Gasteiger partial charge is 0.224 e. The van der Waals surface area contributed by atoms with Crippen molar-refractivity contribution in [3.05, 3.63) is 59.4 Å². The second kappa shape index (κ2) is 9.78. The van der Waals surface area contributed by atoms with E-state index in [2.05, 4.69) is 15.5 Å². The van der Waals surface area contributed by atoms with Gasteiger partial charge in [0.2, 0.25) is 5.91 Å². The number of benzene rings is 2. The van der Waals surface area contributed by atoms with Gasteiger partial charge in [-0.3, -0.25) is 14.5 Å². The minimum Gasteiger partial charge on any atom is -0.494 e. The molecule has 2 heterocycles. The van der Waals surface area contributed by atoms with Gasteiger partial charge in [-0.05, 0) is 62.0 Å². The second-order valence-corrected chi connectivity index (χ2v) is 7.93. The molecule has 1 aromatic heterocycles. The van der Waals surface area contributed by atoms with Gasteiger partial charge < -0.3 is 15.0 Å². The highest BCUT2D eigenvalue weighted by molar-refractivity contribution is 7.71. The summed E-state index contributed by atoms with van der Waals surface area (Å²) in [5.74, 6) is 1.68. The number of H-pyrrole nitrogens is 1. The molecule has 162 valence electrons. The molecule has 1 unspecified atom stereocenters. The zero-order valence-corrected chi connectivity index (χ0v) is 18.4. The van der Waals surface area contributed by atoms with Crippen LogP contribution in [0.4, 0.5) is 5.69 Å². The van der Waals surface area contributed by atoms with Gasteiger partial charge in [-0.25, -0.2) is 0 Å². The van der Waals surface area contributed by atoms with E-state index in [-0.39, 0.29) is 11.9 Å². The fourth-order valence-corrected chi connectivity index (χ4v) is 4.08. The lowest BCUT2D eigenvalue weighted by Gasteiger charge is -2.18. The lowest BCUT2D eigenvalue weighted by atomic mass is 10.2. The van der Waals surface area contributed by atoms with Crippen LogP contribution in [0.25, 0.3) is 11.4 Å². The highest BCUT2D eigenvalue weighted by Gasteiger charge is 2.26. The molecule has 0 spiro atoms. The van der Waals surface area contributed by atoms with Crippen LogP contribution < -0.4 is 10.1 Å². The van der Waals surface area contributed by atoms with Crippen molar-refractivity contribution in [2.75, 3.05) is 25.0 Å². The summed E-state index contributed by atoms with van der Waals surface area (Å²) < 4.78 is 7.91. The van der Waals surface area contributed by atoms with E-state index in [0.717, 1.165) is 42.3 Å². The molecule has 7 nitrogen and oxygen atoms in total. The molecule has 1 aliphatic rings. The summed E-state index contributed by atoms with van der Waals surface area (Å²) in [6, 6.07) is 18.1. The average Bonchev–Trinajstić information content (AvgIpc) is 3.40. The normalized spacial score (nSPS) is 15.8. The van der Waals surface area contributed by atoms with Crippen molar-refractivity contribution in [1.82, 2.24) is 19.7 Å². The van der Waals surface area contributed by atoms with Gasteiger partial charge in [0.25, 0.3) is 0 Å². The summed E-state index contributed by atoms with van der Waals surface area (Å²) in [5.41, 5.74) is 2.02. The number of aromatic nitrogens is 3. The number of carbonyl (C=O) groups excluding carboxylic acids is 1. The predicted molar refractivity (Wildman–Crippen MR) is 124 cm³/mol. The molecule has 1 aliphatic heterocycles. The maximum absolute atomic E-state index is 12.8. The molecule has 2 aromatic carbocycles. The number of hydrogen-bond donors (Lipinski definition) is 2. The molecule has 2 N–H and O–H groups in total. The van der Waals surface area contributed by atoms with Crippen molar-refractivity contribution in [2.45, 2.75) is 32.4 Å². The first-order valence-corrected chi connectivity index (χ1v) is 11.0. The van der Waals surface area contributed by atoms with Crippen LogP contribution in [0.2, 0.25) is 0 Å². The van der Waals surface area contributed by atoms with Crippen LogP contribution in [-0.4, -0.2) is 51.3 Å². The highest BCUT2D eigenvalue weighted by Crippen LogP contribution is 2.22. The number of likely N-dealkylation sites (tertiary alicyclic amines) is 1. The average molecular weight is 438 g/mol. The van der Waals surface area contributed by atoms with Gasteiger partial charge in [0.15, 0.2) is 10.6 Å². The molecule has 3 aromatic rings. The maximum atomic E-state index is 12.8. The molecule has 0 bridgehead atoms. The van der Waals surface area contributed by atoms with E-state index >= 15 is 0 Å². The van der Waals surface area contributed by atoms with Gasteiger partial charge in [-0.2, -0.15) is 5.10 Å². The van der Waals surface area contributed by atoms with Gasteiger partial charge >= 0.3 is 0 Å². The van der Waals surface area contributed by atoms with Crippen molar-refractivity contribution in [2.24, 2.45) is 0 Å². The van der Waals surface area contributed by atoms with E-state index < -0.39 is 0 Å². The monoisotopic (exact) mass is 437 g/mol. The molecule has 1 fully saturated rings. The Morgan fingerprint density at radius 1 is 1.23 bits per heavy atom. The van der Waals surface area contributed by atoms with Crippen molar-refractivity contribution in [3.8, 4) is 17.1 Å². The van der Waals surface area contributed by atoms with Gasteiger partial charge in [-0.15, -0.1) is 0 Å². The number of para-hydroxylation sites is 1. The third-order valence-corrected chi connectivity index (χ3v) is 5.73. The summed E-state index contributed by atoms with van der Waals surface area (Å²) in [6.45, 7) is 4.56. The van der Waals surface area contributed by atoms with Crippen LogP contribution in [0.15, 0.2) is 54.6 Å². The molecule has 0 radical (unpaired) electrons. The number of hydrogen-bond acceptors (Lipinski definition) is 5. The standard InChI is InChI=1S/C23H27N5O2S/c1-2-30-20-10-8-17(9-11-20)22-25-26-23(31)28(22)15-13-21(29)27-14-12-19(16-27)24-18-6-4-3-5-7-18/h3-11,19,24H,2,12-16H2,1H3,(H,26,31). The summed E-state index contributed by atoms with van der Waals surface area (Å²) in [4.78, 5) is 14.7. The Bertz CT molecular complexity index is 1060. The molecule has 0 saturated carbocycles. The Morgan fingerprint density at radius 3 is 2.74 bits per heavy atom. The van der Waals surface area contributed by atoms with Gasteiger partial charge in [0, 0.05) is 43.3 Å². The predicted octanol–water partition coefficient (Wildman–Crippen LogP) is 4.11. The lowest BCUT2D eigenvalue weighted by molar-refractivity contribution is -0.130. The first-order valence-electron chi connectivity index (χ1n) is 10.6. The molecular formula is C23H27N5O2S. The molecule has 1 atom stereocenters. The first kappa shape index (κ1) is 21.1. The first-order chi connectivity index (χ1) is 15.1. The Balaban J connectivity index is 1.36. The Hall–Kier alpha value is -3.13. The van der Waals surface area contributed by atoms with Crippen molar-refractivity contribution in [1.29, 1.82) is 0 Å². The molecule has 1 saturated heterocycles. The summed E-state index contributed by atoms with van der Waals surface area (Å²) in [6.07, 6.45) is 1.33. The minimum absolute atomic E-state index is 0.137. The van der Waals surface area contributed by atoms with Gasteiger partial charge in [-0.1, -0.05) is 18.2 Å². The number of anilines is 1. The maximum Gasteiger partial charge on any atom is 0.224 e. The Labute approximate surface area is 187 Å². The van der Waals surface area contributed by atoms with E-state index in [1.165, 1.54) is 0 Å². The van der Waals surface area contributed by atoms with E-state index in [1.54, 1.807) is 0 Å². The van der Waals surface area contributed by atoms with Crippen LogP contribution in [0, 0.1) is 4.77 Å². The Morgan fingerprint density at radius 2 is 2.00 bits per heavy atom. The third kappa shape index (κ3) is 5.14. The molecule has 0 aliphatic carbocycles. The van der Waals surface area contributed by atoms with Gasteiger partial charge in [0.05, 0.1) is 6.61 Å². The van der Waals surface area contributed by atoms with Gasteiger partial charge in [0.1, 0.15) is 5.75 Å². The largest absolute Gasteiger partial charge is 0.494 e. The number of aromatic amines is 1. The second-order valence-electron chi connectivity index (χ2n) is 7.55. The topological polar surface area (TPSA) is 75.2 Å². The molecule has 4 rings (SSSR count). The fourth-order valence-electron chi connectivity index (χ4n) is 3.85. The quantitative estimate of drug-likeness (QED) is 0.519. The van der Waals surface area contributed by atoms with E-state index in [4.69, 9.17) is 17.0 Å². The van der Waals surface area contributed by atoms with Crippen LogP contribution in [0.5, 0.6) is 5.75 Å². The summed E-state index contributed by atoms with van der Waals surface area (Å²) in [5, 5.41) is 10.7. The number of ether oxygens (including phenoxy) is 1. The van der Waals surface area contributed by atoms with Crippen LogP contribution in [0.3, 0.4) is 0 Å². The molecule has 8 heteroatoms. The molecular weight excluding hydrogens is 410 g/mol. The number of rotatable bonds is 8. The SMILES string of the molecule is CCOc1ccc(-c2n[nH]c(=S)n2CCC(=O)N2CCC(Nc3ccccc3)C2)cc1. The fraction of sp³-hybridized carbons (Fsp3) is 0.348. The van der Waals surface area contributed by atoms with E-state index in [1.807, 2.05) is 71.0 Å². The zero-order chi connectivity index (χ0) is 21.6. The Kier molecular flexibility index (Phi) is 6.66. The molecule has 1 amide bonds. The molecule has 31 heavy (non-hydrogen) atoms. The van der Waals surface area contributed by atoms with E-state index in [9.17, 15) is 4.79 Å². The summed E-state index contributed by atoms with van der Waals surface area (Å²) in [7, 11) is 0. The summed E-state index contributed by atoms with van der Waals surface area (Å²) >= 11 is 5.40. The van der Waals surface area contributed by atoms with Crippen LogP contribution in [0.1, 0.15) is 19.8 Å². The van der Waals surface area contributed by atoms with Crippen LogP contribution >= 0.6 is 12.2 Å². The zero-order valence-electron chi connectivity index (χ0n) is 17.6. The third-order valence-electron chi connectivity index (χ3n) is 5.42. The number of amides is 1. The van der Waals surface area contributed by atoms with Crippen molar-refractivity contribution in [3.63, 3.8) is 0 Å². The van der Waals surface area contributed by atoms with Crippen molar-refractivity contribution < 1.29 is 9.53 Å². The number of nitrogens with zero attached hydrogens (tertiary/aromatic N) is 3.